The molecule has 7 heteroatoms. The number of amides is 1. The lowest BCUT2D eigenvalue weighted by Crippen LogP contribution is -2.46. The van der Waals surface area contributed by atoms with Gasteiger partial charge in [0.05, 0.1) is 12.6 Å². The van der Waals surface area contributed by atoms with Gasteiger partial charge in [-0.1, -0.05) is 0 Å². The lowest BCUT2D eigenvalue weighted by atomic mass is 9.99. The Hall–Kier alpha value is -1.47. The molecule has 2 atom stereocenters. The van der Waals surface area contributed by atoms with Gasteiger partial charge in [-0.15, -0.1) is 0 Å². The van der Waals surface area contributed by atoms with Crippen molar-refractivity contribution in [3.8, 4) is 0 Å². The van der Waals surface area contributed by atoms with Gasteiger partial charge in [-0.3, -0.25) is 4.79 Å². The average Bonchev–Trinajstić information content (AvgIpc) is 2.67. The van der Waals surface area contributed by atoms with Gasteiger partial charge in [0.2, 0.25) is 7.85 Å². The summed E-state index contributed by atoms with van der Waals surface area (Å²) in [6.07, 6.45) is -0.263. The van der Waals surface area contributed by atoms with Crippen molar-refractivity contribution in [1.29, 1.82) is 0 Å². The topological polar surface area (TPSA) is 47.6 Å². The normalized spacial score (nSPS) is 22.0. The highest BCUT2D eigenvalue weighted by molar-refractivity contribution is 6.57. The van der Waals surface area contributed by atoms with Crippen LogP contribution in [0.1, 0.15) is 19.4 Å². The molecular weight excluding hydrogens is 279 g/mol. The Balaban J connectivity index is 2.14. The first-order chi connectivity index (χ1) is 9.75. The summed E-state index contributed by atoms with van der Waals surface area (Å²) < 4.78 is 37.6. The second-order valence-electron chi connectivity index (χ2n) is 5.46. The third-order valence-corrected chi connectivity index (χ3v) is 3.18. The predicted molar refractivity (Wildman–Crippen MR) is 73.0 cm³/mol. The molecule has 1 saturated heterocycles. The van der Waals surface area contributed by atoms with E-state index in [4.69, 9.17) is 17.3 Å². The highest BCUT2D eigenvalue weighted by Gasteiger charge is 2.37. The number of benzene rings is 1. The number of hydrogen-bond donors (Lipinski definition) is 1. The van der Waals surface area contributed by atoms with Crippen molar-refractivity contribution < 1.29 is 23.0 Å². The summed E-state index contributed by atoms with van der Waals surface area (Å²) >= 11 is 0. The van der Waals surface area contributed by atoms with Crippen molar-refractivity contribution >= 4 is 13.7 Å². The van der Waals surface area contributed by atoms with E-state index in [-0.39, 0.29) is 13.0 Å². The zero-order chi connectivity index (χ0) is 15.6. The van der Waals surface area contributed by atoms with Crippen LogP contribution in [0.3, 0.4) is 0 Å². The lowest BCUT2D eigenvalue weighted by Gasteiger charge is -2.25. The lowest BCUT2D eigenvalue weighted by molar-refractivity contribution is -0.141. The minimum atomic E-state index is -0.768. The van der Waals surface area contributed by atoms with Gasteiger partial charge in [-0.05, 0) is 38.0 Å². The molecule has 0 aliphatic carbocycles. The highest BCUT2D eigenvalue weighted by Crippen LogP contribution is 2.25. The molecule has 4 nitrogen and oxygen atoms in total. The summed E-state index contributed by atoms with van der Waals surface area (Å²) in [6.45, 7) is 3.75. The molecule has 0 saturated carbocycles. The molecule has 1 fully saturated rings. The number of nitrogens with one attached hydrogen (secondary N) is 1. The fourth-order valence-electron chi connectivity index (χ4n) is 2.35. The van der Waals surface area contributed by atoms with Gasteiger partial charge in [-0.2, -0.15) is 0 Å². The SMILES string of the molecule is [B]C(=O)N[C@@H](Cc1cc(F)cc(F)c1)[C@H]1COC(C)(C)O1. The van der Waals surface area contributed by atoms with E-state index in [1.807, 2.05) is 0 Å². The van der Waals surface area contributed by atoms with Gasteiger partial charge in [0.15, 0.2) is 11.6 Å². The largest absolute Gasteiger partial charge is 0.360 e. The zero-order valence-electron chi connectivity index (χ0n) is 11.9. The molecule has 0 bridgehead atoms. The number of carbonyl (C=O) groups excluding carboxylic acids is 1. The Morgan fingerprint density at radius 1 is 1.43 bits per heavy atom. The predicted octanol–water partition coefficient (Wildman–Crippen LogP) is 1.91. The number of hydrogen-bond acceptors (Lipinski definition) is 3. The Morgan fingerprint density at radius 3 is 2.52 bits per heavy atom. The first kappa shape index (κ1) is 15.9. The van der Waals surface area contributed by atoms with Gasteiger partial charge in [0.1, 0.15) is 17.7 Å². The highest BCUT2D eigenvalue weighted by atomic mass is 19.1. The van der Waals surface area contributed by atoms with Gasteiger partial charge < -0.3 is 14.8 Å². The monoisotopic (exact) mass is 295 g/mol. The summed E-state index contributed by atoms with van der Waals surface area (Å²) in [6, 6.07) is 2.67. The van der Waals surface area contributed by atoms with E-state index in [1.165, 1.54) is 12.1 Å². The number of carbonyl (C=O) groups is 1. The number of halogens is 2. The van der Waals surface area contributed by atoms with Crippen LogP contribution in [-0.4, -0.2) is 38.2 Å². The van der Waals surface area contributed by atoms with Crippen molar-refractivity contribution in [2.24, 2.45) is 0 Å². The maximum Gasteiger partial charge on any atom is 0.200 e. The van der Waals surface area contributed by atoms with Crippen molar-refractivity contribution in [3.63, 3.8) is 0 Å². The van der Waals surface area contributed by atoms with Crippen LogP contribution in [0.5, 0.6) is 0 Å². The molecule has 1 aromatic carbocycles. The van der Waals surface area contributed by atoms with Crippen LogP contribution >= 0.6 is 0 Å². The minimum absolute atomic E-state index is 0.182. The van der Waals surface area contributed by atoms with Crippen molar-refractivity contribution in [1.82, 2.24) is 5.32 Å². The van der Waals surface area contributed by atoms with E-state index in [0.29, 0.717) is 5.56 Å². The van der Waals surface area contributed by atoms with E-state index in [2.05, 4.69) is 5.32 Å². The maximum atomic E-state index is 13.2. The van der Waals surface area contributed by atoms with Gasteiger partial charge in [0.25, 0.3) is 0 Å². The molecule has 1 amide bonds. The molecule has 0 spiro atoms. The molecule has 0 unspecified atom stereocenters. The number of rotatable bonds is 4. The third kappa shape index (κ3) is 4.51. The standard InChI is InChI=1S/C14H16BF2NO3/c1-14(2)20-7-12(21-14)11(18-13(15)19)5-8-3-9(16)6-10(17)4-8/h3-4,6,11-12H,5,7H2,1-2H3,(H,18,19)/t11-,12+/m0/s1. The van der Waals surface area contributed by atoms with E-state index >= 15 is 0 Å². The number of ether oxygens (including phenoxy) is 2. The Labute approximate surface area is 123 Å². The molecule has 21 heavy (non-hydrogen) atoms. The Bertz CT molecular complexity index is 519. The molecule has 2 rings (SSSR count). The quantitative estimate of drug-likeness (QED) is 0.863. The van der Waals surface area contributed by atoms with E-state index in [9.17, 15) is 13.6 Å². The van der Waals surface area contributed by atoms with E-state index < -0.39 is 35.4 Å². The van der Waals surface area contributed by atoms with E-state index in [0.717, 1.165) is 6.07 Å². The van der Waals surface area contributed by atoms with Crippen LogP contribution < -0.4 is 5.32 Å². The van der Waals surface area contributed by atoms with Crippen LogP contribution in [0.15, 0.2) is 18.2 Å². The summed E-state index contributed by atoms with van der Waals surface area (Å²) in [7, 11) is 5.15. The van der Waals surface area contributed by atoms with Crippen LogP contribution in [0, 0.1) is 11.6 Å². The molecule has 112 valence electrons. The van der Waals surface area contributed by atoms with Crippen LogP contribution in [-0.2, 0) is 15.9 Å². The second-order valence-corrected chi connectivity index (χ2v) is 5.46. The van der Waals surface area contributed by atoms with Gasteiger partial charge in [0, 0.05) is 6.07 Å². The molecule has 1 heterocycles. The molecule has 1 aliphatic rings. The van der Waals surface area contributed by atoms with Crippen molar-refractivity contribution in [2.75, 3.05) is 6.61 Å². The zero-order valence-corrected chi connectivity index (χ0v) is 11.9. The van der Waals surface area contributed by atoms with Gasteiger partial charge in [-0.25, -0.2) is 8.78 Å². The Kier molecular flexibility index (Phi) is 4.63. The molecule has 1 N–H and O–H groups in total. The first-order valence-corrected chi connectivity index (χ1v) is 6.58. The van der Waals surface area contributed by atoms with Gasteiger partial charge >= 0.3 is 0 Å². The molecule has 1 aliphatic heterocycles. The first-order valence-electron chi connectivity index (χ1n) is 6.58. The third-order valence-electron chi connectivity index (χ3n) is 3.18. The molecule has 2 radical (unpaired) electrons. The van der Waals surface area contributed by atoms with Crippen molar-refractivity contribution in [3.05, 3.63) is 35.4 Å². The minimum Gasteiger partial charge on any atom is -0.360 e. The summed E-state index contributed by atoms with van der Waals surface area (Å²) in [5, 5.41) is 2.54. The second kappa shape index (κ2) is 6.11. The van der Waals surface area contributed by atoms with Crippen molar-refractivity contribution in [2.45, 2.75) is 38.2 Å². The maximum absolute atomic E-state index is 13.2. The van der Waals surface area contributed by atoms with Crippen LogP contribution in [0.4, 0.5) is 13.6 Å². The van der Waals surface area contributed by atoms with Crippen LogP contribution in [0.2, 0.25) is 0 Å². The summed E-state index contributed by atoms with van der Waals surface area (Å²) in [5.41, 5.74) is 0.402. The average molecular weight is 295 g/mol. The molecular formula is C14H16BF2NO3. The van der Waals surface area contributed by atoms with E-state index in [1.54, 1.807) is 13.8 Å². The molecule has 0 aromatic heterocycles. The smallest absolute Gasteiger partial charge is 0.200 e. The molecule has 1 aromatic rings. The fourth-order valence-corrected chi connectivity index (χ4v) is 2.35. The summed E-state index contributed by atoms with van der Waals surface area (Å²) in [5.74, 6) is -2.85. The summed E-state index contributed by atoms with van der Waals surface area (Å²) in [4.78, 5) is 11.1. The fraction of sp³-hybridized carbons (Fsp3) is 0.500. The van der Waals surface area contributed by atoms with Crippen LogP contribution in [0.25, 0.3) is 0 Å². The Morgan fingerprint density at radius 2 is 2.05 bits per heavy atom.